The molecule has 4 heteroatoms. The lowest BCUT2D eigenvalue weighted by Gasteiger charge is -1.99. The first-order valence-electron chi connectivity index (χ1n) is 4.47. The zero-order valence-electron chi connectivity index (χ0n) is 8.73. The number of aliphatic hydroxyl groups is 3. The summed E-state index contributed by atoms with van der Waals surface area (Å²) in [6, 6.07) is 0. The van der Waals surface area contributed by atoms with Crippen LogP contribution in [0.15, 0.2) is 0 Å². The molecule has 0 saturated carbocycles. The van der Waals surface area contributed by atoms with Gasteiger partial charge in [0, 0.05) is 13.7 Å². The van der Waals surface area contributed by atoms with Gasteiger partial charge in [0.15, 0.2) is 0 Å². The maximum absolute atomic E-state index is 8.17. The molecule has 0 fully saturated rings. The Morgan fingerprint density at radius 3 is 1.69 bits per heavy atom. The highest BCUT2D eigenvalue weighted by Gasteiger charge is 1.93. The molecule has 0 aliphatic carbocycles. The summed E-state index contributed by atoms with van der Waals surface area (Å²) in [5.41, 5.74) is 0. The molecule has 0 rings (SSSR count). The molecule has 0 unspecified atom stereocenters. The summed E-state index contributed by atoms with van der Waals surface area (Å²) in [7, 11) is 1.74. The predicted octanol–water partition coefficient (Wildman–Crippen LogP) is 0.0108. The average Bonchev–Trinajstić information content (AvgIpc) is 2.14. The van der Waals surface area contributed by atoms with Gasteiger partial charge in [0.05, 0.1) is 13.2 Å². The summed E-state index contributed by atoms with van der Waals surface area (Å²) >= 11 is 0. The number of rotatable bonds is 5. The molecular formula is C9H22O4. The Bertz CT molecular complexity index is 81.7. The van der Waals surface area contributed by atoms with Gasteiger partial charge in [0.25, 0.3) is 0 Å². The average molecular weight is 194 g/mol. The molecule has 0 aromatic carbocycles. The SMILES string of the molecule is COCCC(C)C.OCC(O)CO. The fourth-order valence-electron chi connectivity index (χ4n) is 0.411. The van der Waals surface area contributed by atoms with E-state index in [1.165, 1.54) is 6.42 Å². The van der Waals surface area contributed by atoms with Crippen molar-refractivity contribution in [1.82, 2.24) is 0 Å². The first-order chi connectivity index (χ1) is 6.08. The maximum atomic E-state index is 8.17. The molecule has 0 saturated heterocycles. The number of ether oxygens (including phenoxy) is 1. The summed E-state index contributed by atoms with van der Waals surface area (Å²) in [5.74, 6) is 0.778. The lowest BCUT2D eigenvalue weighted by molar-refractivity contribution is 0.0450. The molecule has 4 nitrogen and oxygen atoms in total. The molecule has 0 aliphatic rings. The Morgan fingerprint density at radius 2 is 1.62 bits per heavy atom. The van der Waals surface area contributed by atoms with E-state index in [-0.39, 0.29) is 13.2 Å². The number of hydrogen-bond donors (Lipinski definition) is 3. The van der Waals surface area contributed by atoms with E-state index >= 15 is 0 Å². The van der Waals surface area contributed by atoms with Gasteiger partial charge in [-0.15, -0.1) is 0 Å². The maximum Gasteiger partial charge on any atom is 0.100 e. The molecular weight excluding hydrogens is 172 g/mol. The van der Waals surface area contributed by atoms with Crippen molar-refractivity contribution >= 4 is 0 Å². The van der Waals surface area contributed by atoms with Crippen LogP contribution < -0.4 is 0 Å². The van der Waals surface area contributed by atoms with Crippen LogP contribution in [0.1, 0.15) is 20.3 Å². The normalized spacial score (nSPS) is 10.2. The number of aliphatic hydroxyl groups excluding tert-OH is 3. The van der Waals surface area contributed by atoms with Crippen LogP contribution in [-0.2, 0) is 4.74 Å². The summed E-state index contributed by atoms with van der Waals surface area (Å²) in [6.07, 6.45) is 0.223. The van der Waals surface area contributed by atoms with Gasteiger partial charge >= 0.3 is 0 Å². The molecule has 0 spiro atoms. The van der Waals surface area contributed by atoms with Crippen molar-refractivity contribution in [2.75, 3.05) is 26.9 Å². The lowest BCUT2D eigenvalue weighted by Crippen LogP contribution is -2.15. The van der Waals surface area contributed by atoms with Crippen LogP contribution >= 0.6 is 0 Å². The standard InChI is InChI=1S/C6H14O.C3H8O3/c1-6(2)4-5-7-3;4-1-3(6)2-5/h6H,4-5H2,1-3H3;3-6H,1-2H2. The molecule has 0 aliphatic heterocycles. The Kier molecular flexibility index (Phi) is 14.0. The van der Waals surface area contributed by atoms with Gasteiger partial charge in [0.2, 0.25) is 0 Å². The van der Waals surface area contributed by atoms with Crippen LogP contribution in [0.5, 0.6) is 0 Å². The first-order valence-corrected chi connectivity index (χ1v) is 4.47. The lowest BCUT2D eigenvalue weighted by atomic mass is 10.1. The molecule has 0 atom stereocenters. The highest BCUT2D eigenvalue weighted by atomic mass is 16.5. The molecule has 0 aromatic rings. The number of methoxy groups -OCH3 is 1. The molecule has 82 valence electrons. The van der Waals surface area contributed by atoms with Crippen LogP contribution in [0.25, 0.3) is 0 Å². The van der Waals surface area contributed by atoms with Gasteiger partial charge in [-0.2, -0.15) is 0 Å². The zero-order chi connectivity index (χ0) is 10.7. The van der Waals surface area contributed by atoms with Gasteiger partial charge < -0.3 is 20.1 Å². The van der Waals surface area contributed by atoms with Gasteiger partial charge in [-0.05, 0) is 12.3 Å². The fraction of sp³-hybridized carbons (Fsp3) is 1.00. The summed E-state index contributed by atoms with van der Waals surface area (Å²) in [6.45, 7) is 4.56. The second kappa shape index (κ2) is 11.8. The van der Waals surface area contributed by atoms with Gasteiger partial charge in [0.1, 0.15) is 6.10 Å². The summed E-state index contributed by atoms with van der Waals surface area (Å²) in [4.78, 5) is 0. The van der Waals surface area contributed by atoms with E-state index in [2.05, 4.69) is 13.8 Å². The van der Waals surface area contributed by atoms with Crippen LogP contribution in [0, 0.1) is 5.92 Å². The minimum Gasteiger partial charge on any atom is -0.394 e. The van der Waals surface area contributed by atoms with E-state index in [1.54, 1.807) is 7.11 Å². The smallest absolute Gasteiger partial charge is 0.100 e. The van der Waals surface area contributed by atoms with Crippen molar-refractivity contribution in [3.05, 3.63) is 0 Å². The van der Waals surface area contributed by atoms with E-state index in [1.807, 2.05) is 0 Å². The molecule has 0 aromatic heterocycles. The van der Waals surface area contributed by atoms with Crippen LogP contribution in [0.2, 0.25) is 0 Å². The van der Waals surface area contributed by atoms with Crippen molar-refractivity contribution in [3.8, 4) is 0 Å². The van der Waals surface area contributed by atoms with Crippen molar-refractivity contribution in [2.24, 2.45) is 5.92 Å². The van der Waals surface area contributed by atoms with Gasteiger partial charge in [-0.3, -0.25) is 0 Å². The van der Waals surface area contributed by atoms with Crippen LogP contribution in [0.4, 0.5) is 0 Å². The Morgan fingerprint density at radius 1 is 1.15 bits per heavy atom. The predicted molar refractivity (Wildman–Crippen MR) is 51.5 cm³/mol. The molecule has 3 N–H and O–H groups in total. The minimum absolute atomic E-state index is 0.365. The van der Waals surface area contributed by atoms with Crippen molar-refractivity contribution in [2.45, 2.75) is 26.4 Å². The van der Waals surface area contributed by atoms with Crippen LogP contribution in [0.3, 0.4) is 0 Å². The van der Waals surface area contributed by atoms with Gasteiger partial charge in [-0.25, -0.2) is 0 Å². The van der Waals surface area contributed by atoms with E-state index in [0.29, 0.717) is 0 Å². The fourth-order valence-corrected chi connectivity index (χ4v) is 0.411. The highest BCUT2D eigenvalue weighted by molar-refractivity contribution is 4.44. The third kappa shape index (κ3) is 18.7. The van der Waals surface area contributed by atoms with Crippen molar-refractivity contribution in [3.63, 3.8) is 0 Å². The molecule has 0 bridgehead atoms. The Hall–Kier alpha value is -0.160. The second-order valence-electron chi connectivity index (χ2n) is 3.19. The monoisotopic (exact) mass is 194 g/mol. The van der Waals surface area contributed by atoms with Crippen molar-refractivity contribution < 1.29 is 20.1 Å². The quantitative estimate of drug-likeness (QED) is 0.576. The molecule has 0 radical (unpaired) electrons. The Labute approximate surface area is 80.2 Å². The first kappa shape index (κ1) is 15.3. The molecule has 0 heterocycles. The van der Waals surface area contributed by atoms with E-state index in [4.69, 9.17) is 20.1 Å². The second-order valence-corrected chi connectivity index (χ2v) is 3.19. The van der Waals surface area contributed by atoms with E-state index in [0.717, 1.165) is 12.5 Å². The van der Waals surface area contributed by atoms with E-state index < -0.39 is 6.10 Å². The summed E-state index contributed by atoms with van der Waals surface area (Å²) in [5, 5.41) is 24.0. The van der Waals surface area contributed by atoms with E-state index in [9.17, 15) is 0 Å². The van der Waals surface area contributed by atoms with Crippen LogP contribution in [-0.4, -0.2) is 48.4 Å². The zero-order valence-corrected chi connectivity index (χ0v) is 8.73. The minimum atomic E-state index is -0.954. The summed E-state index contributed by atoms with van der Waals surface area (Å²) < 4.78 is 4.85. The molecule has 0 amide bonds. The third-order valence-corrected chi connectivity index (χ3v) is 1.32. The third-order valence-electron chi connectivity index (χ3n) is 1.32. The number of hydrogen-bond acceptors (Lipinski definition) is 4. The Balaban J connectivity index is 0. The highest BCUT2D eigenvalue weighted by Crippen LogP contribution is 1.96. The molecule has 13 heavy (non-hydrogen) atoms. The van der Waals surface area contributed by atoms with Crippen molar-refractivity contribution in [1.29, 1.82) is 0 Å². The topological polar surface area (TPSA) is 69.9 Å². The largest absolute Gasteiger partial charge is 0.394 e. The van der Waals surface area contributed by atoms with Gasteiger partial charge in [-0.1, -0.05) is 13.8 Å².